The summed E-state index contributed by atoms with van der Waals surface area (Å²) in [7, 11) is -4.37. The Labute approximate surface area is 186 Å². The summed E-state index contributed by atoms with van der Waals surface area (Å²) < 4.78 is 65.0. The largest absolute Gasteiger partial charge is 0.490 e. The van der Waals surface area contributed by atoms with Gasteiger partial charge in [-0.2, -0.15) is 4.37 Å². The normalized spacial score (nSPS) is 18.8. The second-order valence-corrected chi connectivity index (χ2v) is 9.82. The van der Waals surface area contributed by atoms with Gasteiger partial charge in [-0.15, -0.1) is 0 Å². The lowest BCUT2D eigenvalue weighted by Gasteiger charge is -2.20. The molecular weight excluding hydrogens is 470 g/mol. The molecule has 1 saturated heterocycles. The van der Waals surface area contributed by atoms with Gasteiger partial charge in [-0.25, -0.2) is 22.2 Å². The van der Waals surface area contributed by atoms with E-state index in [0.717, 1.165) is 36.0 Å². The first-order chi connectivity index (χ1) is 14.8. The molecule has 1 aromatic heterocycles. The molecule has 4 rings (SSSR count). The highest BCUT2D eigenvalue weighted by Crippen LogP contribution is 2.31. The number of anilines is 1. The fourth-order valence-electron chi connectivity index (χ4n) is 3.42. The van der Waals surface area contributed by atoms with Gasteiger partial charge in [0, 0.05) is 53.6 Å². The van der Waals surface area contributed by atoms with E-state index in [1.807, 2.05) is 12.1 Å². The SMILES string of the molecule is O=S(=O)(Nc1ncns1)c1cc(F)c(OCC2CNCC2c2ccc(Cl)cc2)cc1F. The zero-order chi connectivity index (χ0) is 22.0. The molecule has 7 nitrogen and oxygen atoms in total. The van der Waals surface area contributed by atoms with Crippen LogP contribution < -0.4 is 14.8 Å². The van der Waals surface area contributed by atoms with Crippen molar-refractivity contribution in [2.24, 2.45) is 5.92 Å². The average Bonchev–Trinajstić information content (AvgIpc) is 3.40. The van der Waals surface area contributed by atoms with Crippen LogP contribution in [-0.4, -0.2) is 37.5 Å². The summed E-state index contributed by atoms with van der Waals surface area (Å²) in [6, 6.07) is 8.80. The summed E-state index contributed by atoms with van der Waals surface area (Å²) in [5.74, 6) is -2.32. The van der Waals surface area contributed by atoms with Crippen molar-refractivity contribution in [3.8, 4) is 5.75 Å². The van der Waals surface area contributed by atoms with E-state index in [-0.39, 0.29) is 29.3 Å². The summed E-state index contributed by atoms with van der Waals surface area (Å²) in [5, 5.41) is 3.85. The number of benzene rings is 2. The van der Waals surface area contributed by atoms with Gasteiger partial charge in [0.2, 0.25) is 5.13 Å². The van der Waals surface area contributed by atoms with Gasteiger partial charge in [0.05, 0.1) is 6.61 Å². The summed E-state index contributed by atoms with van der Waals surface area (Å²) >= 11 is 6.72. The van der Waals surface area contributed by atoms with E-state index in [4.69, 9.17) is 16.3 Å². The van der Waals surface area contributed by atoms with Crippen molar-refractivity contribution in [3.05, 3.63) is 64.9 Å². The Balaban J connectivity index is 1.48. The lowest BCUT2D eigenvalue weighted by Crippen LogP contribution is -2.20. The zero-order valence-electron chi connectivity index (χ0n) is 15.9. The molecule has 2 aromatic carbocycles. The number of rotatable bonds is 7. The molecule has 2 unspecified atom stereocenters. The van der Waals surface area contributed by atoms with Crippen LogP contribution in [0.2, 0.25) is 5.02 Å². The molecular formula is C19H17ClF2N4O3S2. The first kappa shape index (κ1) is 21.9. The number of halogens is 3. The molecule has 0 spiro atoms. The summed E-state index contributed by atoms with van der Waals surface area (Å²) in [6.45, 7) is 1.50. The van der Waals surface area contributed by atoms with Crippen molar-refractivity contribution in [1.29, 1.82) is 0 Å². The lowest BCUT2D eigenvalue weighted by atomic mass is 9.89. The van der Waals surface area contributed by atoms with Crippen molar-refractivity contribution < 1.29 is 21.9 Å². The van der Waals surface area contributed by atoms with E-state index in [1.165, 1.54) is 0 Å². The van der Waals surface area contributed by atoms with Crippen molar-refractivity contribution in [2.75, 3.05) is 24.4 Å². The first-order valence-corrected chi connectivity index (χ1v) is 11.8. The Morgan fingerprint density at radius 3 is 2.68 bits per heavy atom. The molecule has 2 heterocycles. The Bertz CT molecular complexity index is 1160. The van der Waals surface area contributed by atoms with Gasteiger partial charge in [-0.1, -0.05) is 23.7 Å². The van der Waals surface area contributed by atoms with E-state index >= 15 is 0 Å². The fourth-order valence-corrected chi connectivity index (χ4v) is 5.28. The summed E-state index contributed by atoms with van der Waals surface area (Å²) in [5.41, 5.74) is 1.07. The van der Waals surface area contributed by atoms with Gasteiger partial charge in [0.25, 0.3) is 10.0 Å². The number of nitrogens with one attached hydrogen (secondary N) is 2. The van der Waals surface area contributed by atoms with Gasteiger partial charge in [-0.3, -0.25) is 4.72 Å². The number of nitrogens with zero attached hydrogens (tertiary/aromatic N) is 2. The summed E-state index contributed by atoms with van der Waals surface area (Å²) in [6.07, 6.45) is 1.14. The molecule has 2 N–H and O–H groups in total. The second kappa shape index (κ2) is 9.03. The van der Waals surface area contributed by atoms with Gasteiger partial charge >= 0.3 is 0 Å². The van der Waals surface area contributed by atoms with Crippen molar-refractivity contribution in [2.45, 2.75) is 10.8 Å². The van der Waals surface area contributed by atoms with Gasteiger partial charge < -0.3 is 10.1 Å². The Kier molecular flexibility index (Phi) is 6.37. The van der Waals surface area contributed by atoms with Crippen LogP contribution >= 0.6 is 23.1 Å². The van der Waals surface area contributed by atoms with Crippen molar-refractivity contribution in [1.82, 2.24) is 14.7 Å². The van der Waals surface area contributed by atoms with Crippen molar-refractivity contribution in [3.63, 3.8) is 0 Å². The third kappa shape index (κ3) is 4.95. The van der Waals surface area contributed by atoms with Crippen LogP contribution in [0.3, 0.4) is 0 Å². The number of hydrogen-bond donors (Lipinski definition) is 2. The van der Waals surface area contributed by atoms with Crippen LogP contribution in [0.5, 0.6) is 5.75 Å². The predicted octanol–water partition coefficient (Wildman–Crippen LogP) is 3.65. The second-order valence-electron chi connectivity index (χ2n) is 6.95. The van der Waals surface area contributed by atoms with Crippen LogP contribution in [0.25, 0.3) is 0 Å². The summed E-state index contributed by atoms with van der Waals surface area (Å²) in [4.78, 5) is 2.83. The van der Waals surface area contributed by atoms with Crippen molar-refractivity contribution >= 4 is 38.3 Å². The maximum absolute atomic E-state index is 14.5. The molecule has 12 heteroatoms. The third-order valence-corrected chi connectivity index (χ3v) is 7.27. The van der Waals surface area contributed by atoms with E-state index in [1.54, 1.807) is 12.1 Å². The fraction of sp³-hybridized carbons (Fsp3) is 0.263. The molecule has 1 fully saturated rings. The smallest absolute Gasteiger partial charge is 0.266 e. The van der Waals surface area contributed by atoms with Crippen LogP contribution in [0.15, 0.2) is 47.6 Å². The quantitative estimate of drug-likeness (QED) is 0.529. The average molecular weight is 487 g/mol. The van der Waals surface area contributed by atoms with Gasteiger partial charge in [-0.05, 0) is 17.7 Å². The highest BCUT2D eigenvalue weighted by atomic mass is 35.5. The molecule has 0 bridgehead atoms. The van der Waals surface area contributed by atoms with Crippen LogP contribution in [0, 0.1) is 17.6 Å². The number of ether oxygens (including phenoxy) is 1. The molecule has 164 valence electrons. The number of aromatic nitrogens is 2. The molecule has 0 saturated carbocycles. The molecule has 1 aliphatic rings. The zero-order valence-corrected chi connectivity index (χ0v) is 18.3. The highest BCUT2D eigenvalue weighted by molar-refractivity contribution is 7.93. The van der Waals surface area contributed by atoms with E-state index in [2.05, 4.69) is 19.4 Å². The van der Waals surface area contributed by atoms with Gasteiger partial charge in [0.1, 0.15) is 17.0 Å². The topological polar surface area (TPSA) is 93.2 Å². The Hall–Kier alpha value is -2.34. The standard InChI is InChI=1S/C19H17ClF2N4O3S2/c20-13-3-1-11(2-4-13)14-8-23-7-12(14)9-29-17-5-16(22)18(6-15(17)21)31(27,28)26-19-24-10-25-30-19/h1-6,10,12,14,23H,7-9H2,(H,24,25,26). The maximum atomic E-state index is 14.5. The highest BCUT2D eigenvalue weighted by Gasteiger charge is 2.30. The molecule has 3 aromatic rings. The molecule has 0 amide bonds. The van der Waals surface area contributed by atoms with E-state index in [9.17, 15) is 17.2 Å². The van der Waals surface area contributed by atoms with Gasteiger partial charge in [0.15, 0.2) is 11.6 Å². The Morgan fingerprint density at radius 2 is 1.97 bits per heavy atom. The molecule has 0 radical (unpaired) electrons. The first-order valence-electron chi connectivity index (χ1n) is 9.21. The minimum absolute atomic E-state index is 0.0196. The lowest BCUT2D eigenvalue weighted by molar-refractivity contribution is 0.237. The number of hydrogen-bond acceptors (Lipinski definition) is 7. The maximum Gasteiger partial charge on any atom is 0.266 e. The minimum atomic E-state index is -4.37. The molecule has 0 aliphatic carbocycles. The van der Waals surface area contributed by atoms with Crippen LogP contribution in [0.4, 0.5) is 13.9 Å². The van der Waals surface area contributed by atoms with E-state index < -0.39 is 26.6 Å². The predicted molar refractivity (Wildman–Crippen MR) is 113 cm³/mol. The van der Waals surface area contributed by atoms with E-state index in [0.29, 0.717) is 17.6 Å². The molecule has 2 atom stereocenters. The molecule has 31 heavy (non-hydrogen) atoms. The number of sulfonamides is 1. The minimum Gasteiger partial charge on any atom is -0.490 e. The third-order valence-electron chi connectivity index (χ3n) is 4.95. The van der Waals surface area contributed by atoms with Crippen LogP contribution in [0.1, 0.15) is 11.5 Å². The monoisotopic (exact) mass is 486 g/mol. The van der Waals surface area contributed by atoms with Crippen LogP contribution in [-0.2, 0) is 10.0 Å². The Morgan fingerprint density at radius 1 is 1.19 bits per heavy atom. The molecule has 1 aliphatic heterocycles.